The second kappa shape index (κ2) is 6.16. The van der Waals surface area contributed by atoms with Crippen LogP contribution in [0.1, 0.15) is 11.3 Å². The predicted molar refractivity (Wildman–Crippen MR) is 102 cm³/mol. The summed E-state index contributed by atoms with van der Waals surface area (Å²) >= 11 is 0. The molecule has 132 valence electrons. The maximum absolute atomic E-state index is 12.4. The van der Waals surface area contributed by atoms with Crippen LogP contribution < -0.4 is 5.48 Å². The highest BCUT2D eigenvalue weighted by atomic mass is 32.2. The Morgan fingerprint density at radius 1 is 0.885 bits per heavy atom. The summed E-state index contributed by atoms with van der Waals surface area (Å²) in [6.45, 7) is 3.65. The van der Waals surface area contributed by atoms with Crippen molar-refractivity contribution in [3.05, 3.63) is 72.0 Å². The van der Waals surface area contributed by atoms with E-state index in [0.717, 1.165) is 21.7 Å². The number of anilines is 1. The molecule has 0 aliphatic heterocycles. The SMILES string of the molecule is Cc1ccc(S(=O)(=O)ONc2c(C)oc3c2ccc2ccccc23)cc1. The summed E-state index contributed by atoms with van der Waals surface area (Å²) in [6.07, 6.45) is 0. The van der Waals surface area contributed by atoms with E-state index in [0.29, 0.717) is 17.0 Å². The highest BCUT2D eigenvalue weighted by Gasteiger charge is 2.19. The number of hydrogen-bond acceptors (Lipinski definition) is 5. The first-order valence-corrected chi connectivity index (χ1v) is 9.53. The first kappa shape index (κ1) is 16.6. The lowest BCUT2D eigenvalue weighted by Gasteiger charge is -2.07. The molecule has 0 amide bonds. The average Bonchev–Trinajstić information content (AvgIpc) is 2.96. The lowest BCUT2D eigenvalue weighted by molar-refractivity contribution is 0.389. The van der Waals surface area contributed by atoms with Crippen molar-refractivity contribution in [3.8, 4) is 0 Å². The topological polar surface area (TPSA) is 68.5 Å². The van der Waals surface area contributed by atoms with Crippen molar-refractivity contribution in [2.75, 3.05) is 5.48 Å². The molecule has 0 fully saturated rings. The van der Waals surface area contributed by atoms with Crippen molar-refractivity contribution in [3.63, 3.8) is 0 Å². The Bertz CT molecular complexity index is 1210. The van der Waals surface area contributed by atoms with Crippen LogP contribution in [0.2, 0.25) is 0 Å². The Balaban J connectivity index is 1.70. The maximum atomic E-state index is 12.4. The molecule has 1 heterocycles. The summed E-state index contributed by atoms with van der Waals surface area (Å²) in [5.74, 6) is 0.551. The quantitative estimate of drug-likeness (QED) is 0.518. The van der Waals surface area contributed by atoms with Crippen LogP contribution in [0.4, 0.5) is 5.69 Å². The van der Waals surface area contributed by atoms with Crippen LogP contribution in [0.15, 0.2) is 70.0 Å². The fourth-order valence-corrected chi connectivity index (χ4v) is 3.68. The van der Waals surface area contributed by atoms with Crippen molar-refractivity contribution in [1.82, 2.24) is 0 Å². The van der Waals surface area contributed by atoms with Gasteiger partial charge in [-0.1, -0.05) is 48.0 Å². The molecular weight excluding hydrogens is 350 g/mol. The first-order chi connectivity index (χ1) is 12.5. The van der Waals surface area contributed by atoms with E-state index in [1.54, 1.807) is 19.1 Å². The van der Waals surface area contributed by atoms with Gasteiger partial charge in [0.05, 0.1) is 4.90 Å². The summed E-state index contributed by atoms with van der Waals surface area (Å²) in [5.41, 5.74) is 4.74. The summed E-state index contributed by atoms with van der Waals surface area (Å²) in [7, 11) is -3.93. The lowest BCUT2D eigenvalue weighted by atomic mass is 10.1. The number of benzene rings is 3. The van der Waals surface area contributed by atoms with Crippen molar-refractivity contribution in [2.45, 2.75) is 18.7 Å². The van der Waals surface area contributed by atoms with Crippen molar-refractivity contribution >= 4 is 37.5 Å². The normalized spacial score (nSPS) is 11.9. The molecule has 0 saturated heterocycles. The fraction of sp³-hybridized carbons (Fsp3) is 0.100. The van der Waals surface area contributed by atoms with E-state index in [4.69, 9.17) is 8.70 Å². The van der Waals surface area contributed by atoms with Gasteiger partial charge >= 0.3 is 10.1 Å². The Hall–Kier alpha value is -2.83. The molecule has 4 rings (SSSR count). The summed E-state index contributed by atoms with van der Waals surface area (Å²) in [6, 6.07) is 18.2. The molecule has 0 bridgehead atoms. The smallest absolute Gasteiger partial charge is 0.317 e. The van der Waals surface area contributed by atoms with E-state index in [9.17, 15) is 8.42 Å². The zero-order valence-electron chi connectivity index (χ0n) is 14.3. The van der Waals surface area contributed by atoms with E-state index in [-0.39, 0.29) is 4.90 Å². The Morgan fingerprint density at radius 2 is 1.62 bits per heavy atom. The van der Waals surface area contributed by atoms with Gasteiger partial charge in [-0.15, -0.1) is 4.28 Å². The third-order valence-corrected chi connectivity index (χ3v) is 5.47. The minimum Gasteiger partial charge on any atom is -0.458 e. The van der Waals surface area contributed by atoms with Crippen LogP contribution in [-0.2, 0) is 14.4 Å². The molecule has 6 heteroatoms. The lowest BCUT2D eigenvalue weighted by Crippen LogP contribution is -2.12. The minimum absolute atomic E-state index is 0.0894. The third-order valence-electron chi connectivity index (χ3n) is 4.32. The molecule has 0 atom stereocenters. The second-order valence-electron chi connectivity index (χ2n) is 6.15. The number of rotatable bonds is 4. The Morgan fingerprint density at radius 3 is 2.38 bits per heavy atom. The summed E-state index contributed by atoms with van der Waals surface area (Å²) in [5, 5.41) is 2.77. The molecule has 0 spiro atoms. The van der Waals surface area contributed by atoms with Gasteiger partial charge in [-0.05, 0) is 37.4 Å². The predicted octanol–water partition coefficient (Wildman–Crippen LogP) is 4.94. The molecule has 0 unspecified atom stereocenters. The van der Waals surface area contributed by atoms with Gasteiger partial charge in [0.15, 0.2) is 0 Å². The van der Waals surface area contributed by atoms with Gasteiger partial charge in [0.25, 0.3) is 0 Å². The minimum atomic E-state index is -3.93. The number of nitrogens with one attached hydrogen (secondary N) is 1. The van der Waals surface area contributed by atoms with Gasteiger partial charge in [0, 0.05) is 10.8 Å². The molecule has 0 saturated carbocycles. The van der Waals surface area contributed by atoms with Crippen molar-refractivity contribution < 1.29 is 17.1 Å². The Kier molecular flexibility index (Phi) is 3.94. The highest BCUT2D eigenvalue weighted by Crippen LogP contribution is 2.35. The largest absolute Gasteiger partial charge is 0.458 e. The monoisotopic (exact) mass is 367 g/mol. The molecule has 26 heavy (non-hydrogen) atoms. The highest BCUT2D eigenvalue weighted by molar-refractivity contribution is 7.86. The Labute approximate surface area is 151 Å². The molecule has 5 nitrogen and oxygen atoms in total. The van der Waals surface area contributed by atoms with Crippen LogP contribution >= 0.6 is 0 Å². The third kappa shape index (κ3) is 2.83. The summed E-state index contributed by atoms with van der Waals surface area (Å²) in [4.78, 5) is 0.0894. The molecule has 3 aromatic carbocycles. The molecule has 0 aliphatic rings. The fourth-order valence-electron chi connectivity index (χ4n) is 2.92. The van der Waals surface area contributed by atoms with Crippen LogP contribution in [0.3, 0.4) is 0 Å². The first-order valence-electron chi connectivity index (χ1n) is 8.13. The molecule has 0 radical (unpaired) electrons. The van der Waals surface area contributed by atoms with Crippen molar-refractivity contribution in [2.24, 2.45) is 0 Å². The van der Waals surface area contributed by atoms with E-state index >= 15 is 0 Å². The zero-order chi connectivity index (χ0) is 18.3. The number of aryl methyl sites for hydroxylation is 2. The number of hydrogen-bond donors (Lipinski definition) is 1. The molecule has 0 aliphatic carbocycles. The molecular formula is C20H17NO4S. The van der Waals surface area contributed by atoms with E-state index < -0.39 is 10.1 Å². The molecule has 1 aromatic heterocycles. The van der Waals surface area contributed by atoms with Crippen molar-refractivity contribution in [1.29, 1.82) is 0 Å². The van der Waals surface area contributed by atoms with Crippen LogP contribution in [0.25, 0.3) is 21.7 Å². The van der Waals surface area contributed by atoms with E-state index in [1.807, 2.05) is 43.3 Å². The second-order valence-corrected chi connectivity index (χ2v) is 7.70. The standard InChI is InChI=1S/C20H17NO4S/c1-13-7-10-16(11-8-13)26(22,23)25-21-19-14(2)24-20-17-6-4-3-5-15(17)9-12-18(19)20/h3-12,21H,1-2H3. The average molecular weight is 367 g/mol. The van der Waals surface area contributed by atoms with E-state index in [2.05, 4.69) is 5.48 Å². The van der Waals surface area contributed by atoms with Gasteiger partial charge in [0.1, 0.15) is 17.0 Å². The van der Waals surface area contributed by atoms with Gasteiger partial charge < -0.3 is 4.42 Å². The summed E-state index contributed by atoms with van der Waals surface area (Å²) < 4.78 is 35.7. The number of furan rings is 1. The van der Waals surface area contributed by atoms with Gasteiger partial charge in [0.2, 0.25) is 0 Å². The van der Waals surface area contributed by atoms with Gasteiger partial charge in [-0.3, -0.25) is 0 Å². The zero-order valence-corrected chi connectivity index (χ0v) is 15.1. The molecule has 1 N–H and O–H groups in total. The van der Waals surface area contributed by atoms with Gasteiger partial charge in [-0.2, -0.15) is 8.42 Å². The number of fused-ring (bicyclic) bond motifs is 3. The maximum Gasteiger partial charge on any atom is 0.317 e. The van der Waals surface area contributed by atoms with Crippen LogP contribution in [-0.4, -0.2) is 8.42 Å². The molecule has 4 aromatic rings. The van der Waals surface area contributed by atoms with Gasteiger partial charge in [-0.25, -0.2) is 5.48 Å². The van der Waals surface area contributed by atoms with Crippen LogP contribution in [0, 0.1) is 13.8 Å². The van der Waals surface area contributed by atoms with Crippen LogP contribution in [0.5, 0.6) is 0 Å². The van der Waals surface area contributed by atoms with E-state index in [1.165, 1.54) is 12.1 Å².